The van der Waals surface area contributed by atoms with Crippen LogP contribution in [0.25, 0.3) is 0 Å². The highest BCUT2D eigenvalue weighted by Gasteiger charge is 2.34. The van der Waals surface area contributed by atoms with Gasteiger partial charge in [-0.25, -0.2) is 0 Å². The normalized spacial score (nSPS) is 15.4. The highest BCUT2D eigenvalue weighted by Crippen LogP contribution is 2.32. The summed E-state index contributed by atoms with van der Waals surface area (Å²) >= 11 is 0. The molecular formula is C28H28F3N3O5. The Bertz CT molecular complexity index is 1260. The number of amides is 2. The van der Waals surface area contributed by atoms with E-state index in [1.54, 1.807) is 12.1 Å². The van der Waals surface area contributed by atoms with Crippen LogP contribution in [-0.4, -0.2) is 65.3 Å². The van der Waals surface area contributed by atoms with E-state index in [2.05, 4.69) is 10.2 Å². The van der Waals surface area contributed by atoms with Crippen LogP contribution >= 0.6 is 0 Å². The number of carbonyl (C=O) groups is 2. The monoisotopic (exact) mass is 543 g/mol. The van der Waals surface area contributed by atoms with E-state index in [1.165, 1.54) is 29.2 Å². The molecule has 0 saturated carbocycles. The lowest BCUT2D eigenvalue weighted by atomic mass is 10.1. The van der Waals surface area contributed by atoms with Gasteiger partial charge in [0.05, 0.1) is 5.56 Å². The number of anilines is 1. The molecule has 2 amide bonds. The Hall–Kier alpha value is -4.09. The average Bonchev–Trinajstić information content (AvgIpc) is 2.95. The summed E-state index contributed by atoms with van der Waals surface area (Å²) in [5.41, 5.74) is 0.803. The number of nitrogens with one attached hydrogen (secondary N) is 1. The zero-order chi connectivity index (χ0) is 28.0. The van der Waals surface area contributed by atoms with Gasteiger partial charge >= 0.3 is 6.18 Å². The van der Waals surface area contributed by atoms with Crippen molar-refractivity contribution in [1.29, 1.82) is 0 Å². The lowest BCUT2D eigenvalue weighted by Crippen LogP contribution is -2.55. The second-order valence-electron chi connectivity index (χ2n) is 9.03. The van der Waals surface area contributed by atoms with E-state index in [9.17, 15) is 33.0 Å². The standard InChI is InChI=1S/C28H28F3N3O5/c29-28(30,31)20-5-4-8-23(17-20)39-22-11-9-19(10-12-22)18-32-26(37)24(35)25(36)27(38)34-15-13-33(14-16-34)21-6-2-1-3-7-21/h1-12,17,24-25,35-36H,13-16,18H2,(H,32,37)/t24-,25-/m1/s1. The predicted octanol–water partition coefficient (Wildman–Crippen LogP) is 3.18. The number of halogens is 3. The van der Waals surface area contributed by atoms with Gasteiger partial charge in [0.15, 0.2) is 12.2 Å². The second-order valence-corrected chi connectivity index (χ2v) is 9.03. The number of benzene rings is 3. The van der Waals surface area contributed by atoms with Crippen molar-refractivity contribution in [1.82, 2.24) is 10.2 Å². The number of nitrogens with zero attached hydrogens (tertiary/aromatic N) is 2. The topological polar surface area (TPSA) is 102 Å². The highest BCUT2D eigenvalue weighted by atomic mass is 19.4. The summed E-state index contributed by atoms with van der Waals surface area (Å²) in [6, 6.07) is 20.4. The van der Waals surface area contributed by atoms with Crippen LogP contribution in [0.4, 0.5) is 18.9 Å². The van der Waals surface area contributed by atoms with Crippen LogP contribution in [0.3, 0.4) is 0 Å². The number of hydrogen-bond donors (Lipinski definition) is 3. The molecule has 4 rings (SSSR count). The number of ether oxygens (including phenoxy) is 1. The molecule has 0 unspecified atom stereocenters. The summed E-state index contributed by atoms with van der Waals surface area (Å²) < 4.78 is 44.1. The third-order valence-electron chi connectivity index (χ3n) is 6.32. The van der Waals surface area contributed by atoms with Crippen molar-refractivity contribution in [3.05, 3.63) is 90.0 Å². The maximum atomic E-state index is 12.9. The minimum Gasteiger partial charge on any atom is -0.457 e. The van der Waals surface area contributed by atoms with Gasteiger partial charge in [-0.2, -0.15) is 13.2 Å². The third-order valence-corrected chi connectivity index (χ3v) is 6.32. The van der Waals surface area contributed by atoms with Crippen molar-refractivity contribution in [3.8, 4) is 11.5 Å². The molecule has 11 heteroatoms. The molecule has 3 aromatic rings. The third kappa shape index (κ3) is 7.27. The molecule has 1 aliphatic heterocycles. The maximum Gasteiger partial charge on any atom is 0.416 e. The van der Waals surface area contributed by atoms with E-state index in [1.807, 2.05) is 30.3 Å². The fourth-order valence-electron chi connectivity index (χ4n) is 4.13. The van der Waals surface area contributed by atoms with Crippen molar-refractivity contribution < 1.29 is 37.7 Å². The van der Waals surface area contributed by atoms with Crippen molar-refractivity contribution in [3.63, 3.8) is 0 Å². The first-order valence-electron chi connectivity index (χ1n) is 12.3. The van der Waals surface area contributed by atoms with Crippen LogP contribution in [-0.2, 0) is 22.3 Å². The quantitative estimate of drug-likeness (QED) is 0.404. The minimum absolute atomic E-state index is 0.0175. The number of aliphatic hydroxyl groups is 2. The molecule has 2 atom stereocenters. The van der Waals surface area contributed by atoms with Crippen LogP contribution in [0, 0.1) is 0 Å². The Morgan fingerprint density at radius 2 is 1.51 bits per heavy atom. The van der Waals surface area contributed by atoms with Crippen LogP contribution in [0.15, 0.2) is 78.9 Å². The highest BCUT2D eigenvalue weighted by molar-refractivity contribution is 5.90. The Labute approximate surface area is 223 Å². The summed E-state index contributed by atoms with van der Waals surface area (Å²) in [6.07, 6.45) is -8.34. The van der Waals surface area contributed by atoms with E-state index in [-0.39, 0.29) is 18.0 Å². The number of alkyl halides is 3. The smallest absolute Gasteiger partial charge is 0.416 e. The maximum absolute atomic E-state index is 12.9. The average molecular weight is 544 g/mol. The Morgan fingerprint density at radius 1 is 0.846 bits per heavy atom. The second kappa shape index (κ2) is 12.2. The van der Waals surface area contributed by atoms with E-state index in [0.717, 1.165) is 17.8 Å². The molecule has 1 heterocycles. The molecule has 0 aliphatic carbocycles. The molecule has 1 fully saturated rings. The van der Waals surface area contributed by atoms with Gasteiger partial charge in [-0.3, -0.25) is 9.59 Å². The van der Waals surface area contributed by atoms with Crippen LogP contribution in [0.1, 0.15) is 11.1 Å². The molecule has 8 nitrogen and oxygen atoms in total. The summed E-state index contributed by atoms with van der Waals surface area (Å²) in [5, 5.41) is 23.1. The van der Waals surface area contributed by atoms with E-state index in [4.69, 9.17) is 4.74 Å². The molecular weight excluding hydrogens is 515 g/mol. The van der Waals surface area contributed by atoms with Crippen molar-refractivity contribution in [2.45, 2.75) is 24.9 Å². The fourth-order valence-corrected chi connectivity index (χ4v) is 4.13. The SMILES string of the molecule is O=C(NCc1ccc(Oc2cccc(C(F)(F)F)c2)cc1)[C@H](O)[C@@H](O)C(=O)N1CCN(c2ccccc2)CC1. The van der Waals surface area contributed by atoms with E-state index < -0.39 is 35.8 Å². The molecule has 0 bridgehead atoms. The first-order valence-corrected chi connectivity index (χ1v) is 12.3. The molecule has 1 saturated heterocycles. The molecule has 3 N–H and O–H groups in total. The number of para-hydroxylation sites is 1. The van der Waals surface area contributed by atoms with Crippen molar-refractivity contribution in [2.75, 3.05) is 31.1 Å². The van der Waals surface area contributed by atoms with Gasteiger partial charge in [-0.1, -0.05) is 36.4 Å². The first-order chi connectivity index (χ1) is 18.6. The molecule has 0 spiro atoms. The summed E-state index contributed by atoms with van der Waals surface area (Å²) in [4.78, 5) is 28.6. The minimum atomic E-state index is -4.48. The summed E-state index contributed by atoms with van der Waals surface area (Å²) in [6.45, 7) is 1.77. The van der Waals surface area contributed by atoms with Crippen molar-refractivity contribution in [2.24, 2.45) is 0 Å². The summed E-state index contributed by atoms with van der Waals surface area (Å²) in [7, 11) is 0. The molecule has 0 aromatic heterocycles. The van der Waals surface area contributed by atoms with Gasteiger partial charge in [0.1, 0.15) is 11.5 Å². The summed E-state index contributed by atoms with van der Waals surface area (Å²) in [5.74, 6) is -1.32. The Kier molecular flexibility index (Phi) is 8.72. The van der Waals surface area contributed by atoms with Gasteiger partial charge in [-0.15, -0.1) is 0 Å². The number of aliphatic hydroxyl groups excluding tert-OH is 2. The van der Waals surface area contributed by atoms with Gasteiger partial charge < -0.3 is 30.1 Å². The lowest BCUT2D eigenvalue weighted by Gasteiger charge is -2.37. The fraction of sp³-hybridized carbons (Fsp3) is 0.286. The molecule has 0 radical (unpaired) electrons. The number of rotatable bonds is 8. The first kappa shape index (κ1) is 27.9. The number of piperazine rings is 1. The van der Waals surface area contributed by atoms with Crippen LogP contribution in [0.2, 0.25) is 0 Å². The van der Waals surface area contributed by atoms with Crippen molar-refractivity contribution >= 4 is 17.5 Å². The van der Waals surface area contributed by atoms with Gasteiger partial charge in [0.25, 0.3) is 11.8 Å². The molecule has 1 aliphatic rings. The van der Waals surface area contributed by atoms with Gasteiger partial charge in [0.2, 0.25) is 0 Å². The van der Waals surface area contributed by atoms with Gasteiger partial charge in [0, 0.05) is 38.4 Å². The van der Waals surface area contributed by atoms with Gasteiger partial charge in [-0.05, 0) is 48.0 Å². The molecule has 3 aromatic carbocycles. The van der Waals surface area contributed by atoms with Crippen LogP contribution in [0.5, 0.6) is 11.5 Å². The Morgan fingerprint density at radius 3 is 2.15 bits per heavy atom. The van der Waals surface area contributed by atoms with E-state index in [0.29, 0.717) is 31.7 Å². The number of hydrogen-bond acceptors (Lipinski definition) is 6. The largest absolute Gasteiger partial charge is 0.457 e. The Balaban J connectivity index is 1.24. The zero-order valence-corrected chi connectivity index (χ0v) is 20.8. The predicted molar refractivity (Wildman–Crippen MR) is 137 cm³/mol. The van der Waals surface area contributed by atoms with Crippen LogP contribution < -0.4 is 15.0 Å². The van der Waals surface area contributed by atoms with E-state index >= 15 is 0 Å². The lowest BCUT2D eigenvalue weighted by molar-refractivity contribution is -0.153. The number of carbonyl (C=O) groups excluding carboxylic acids is 2. The zero-order valence-electron chi connectivity index (χ0n) is 20.8. The molecule has 206 valence electrons. The molecule has 39 heavy (non-hydrogen) atoms.